The zero-order valence-electron chi connectivity index (χ0n) is 9.01. The molecule has 0 spiro atoms. The van der Waals surface area contributed by atoms with E-state index in [1.165, 1.54) is 11.3 Å². The number of hydrogen-bond donors (Lipinski definition) is 2. The Morgan fingerprint density at radius 3 is 2.62 bits per heavy atom. The third-order valence-electron chi connectivity index (χ3n) is 2.09. The van der Waals surface area contributed by atoms with E-state index in [0.717, 1.165) is 7.57 Å². The summed E-state index contributed by atoms with van der Waals surface area (Å²) < 4.78 is 1.71. The molecule has 0 saturated carbocycles. The van der Waals surface area contributed by atoms with Crippen molar-refractivity contribution in [2.75, 3.05) is 6.61 Å². The number of rotatable bonds is 4. The predicted molar refractivity (Wildman–Crippen MR) is 73.0 cm³/mol. The second-order valence-electron chi connectivity index (χ2n) is 4.05. The van der Waals surface area contributed by atoms with Gasteiger partial charge in [0.1, 0.15) is 0 Å². The zero-order chi connectivity index (χ0) is 12.3. The number of carbonyl (C=O) groups excluding carboxylic acids is 1. The largest absolute Gasteiger partial charge is 0.396 e. The molecule has 1 aromatic heterocycles. The average Bonchev–Trinajstić information content (AvgIpc) is 2.44. The molecule has 90 valence electrons. The van der Waals surface area contributed by atoms with Crippen LogP contribution in [-0.4, -0.2) is 23.2 Å². The first kappa shape index (κ1) is 14.2. The Morgan fingerprint density at radius 2 is 2.19 bits per heavy atom. The molecule has 0 aliphatic rings. The van der Waals surface area contributed by atoms with Gasteiger partial charge in [0.15, 0.2) is 0 Å². The third kappa shape index (κ3) is 3.84. The topological polar surface area (TPSA) is 49.3 Å². The molecule has 1 amide bonds. The van der Waals surface area contributed by atoms with Crippen molar-refractivity contribution in [2.24, 2.45) is 0 Å². The van der Waals surface area contributed by atoms with Crippen LogP contribution in [0.25, 0.3) is 0 Å². The molecule has 0 atom stereocenters. The van der Waals surface area contributed by atoms with Crippen LogP contribution in [0.3, 0.4) is 0 Å². The molecule has 0 aromatic carbocycles. The van der Waals surface area contributed by atoms with Gasteiger partial charge in [-0.3, -0.25) is 4.79 Å². The van der Waals surface area contributed by atoms with Crippen molar-refractivity contribution >= 4 is 49.1 Å². The van der Waals surface area contributed by atoms with E-state index in [-0.39, 0.29) is 12.5 Å². The van der Waals surface area contributed by atoms with E-state index >= 15 is 0 Å². The molecule has 0 radical (unpaired) electrons. The lowest BCUT2D eigenvalue weighted by Crippen LogP contribution is -2.44. The van der Waals surface area contributed by atoms with Crippen LogP contribution >= 0.6 is 43.2 Å². The summed E-state index contributed by atoms with van der Waals surface area (Å²) >= 11 is 8.13. The van der Waals surface area contributed by atoms with Gasteiger partial charge in [-0.15, -0.1) is 11.3 Å². The van der Waals surface area contributed by atoms with Gasteiger partial charge in [0, 0.05) is 12.1 Å². The maximum atomic E-state index is 11.9. The maximum Gasteiger partial charge on any atom is 0.253 e. The summed E-state index contributed by atoms with van der Waals surface area (Å²) in [5.74, 6) is -0.132. The van der Waals surface area contributed by atoms with E-state index in [1.807, 2.05) is 13.8 Å². The first-order valence-corrected chi connectivity index (χ1v) is 7.14. The van der Waals surface area contributed by atoms with Crippen LogP contribution in [0.15, 0.2) is 13.6 Å². The van der Waals surface area contributed by atoms with Crippen LogP contribution in [0.4, 0.5) is 0 Å². The number of thiophene rings is 1. The minimum atomic E-state index is -0.403. The van der Waals surface area contributed by atoms with Gasteiger partial charge in [-0.05, 0) is 58.2 Å². The summed E-state index contributed by atoms with van der Waals surface area (Å²) in [5, 5.41) is 11.8. The van der Waals surface area contributed by atoms with Gasteiger partial charge in [0.25, 0.3) is 5.91 Å². The Morgan fingerprint density at radius 1 is 1.56 bits per heavy atom. The molecule has 0 aliphatic heterocycles. The summed E-state index contributed by atoms with van der Waals surface area (Å²) in [6.07, 6.45) is 0.529. The number of aliphatic hydroxyl groups excluding tert-OH is 1. The average molecular weight is 371 g/mol. The molecule has 3 nitrogen and oxygen atoms in total. The van der Waals surface area contributed by atoms with E-state index < -0.39 is 5.54 Å². The van der Waals surface area contributed by atoms with Crippen molar-refractivity contribution in [3.05, 3.63) is 19.2 Å². The van der Waals surface area contributed by atoms with E-state index in [9.17, 15) is 4.79 Å². The van der Waals surface area contributed by atoms with Gasteiger partial charge in [-0.25, -0.2) is 0 Å². The smallest absolute Gasteiger partial charge is 0.253 e. The molecule has 0 saturated heterocycles. The molecular formula is C10H13Br2NO2S. The summed E-state index contributed by atoms with van der Waals surface area (Å²) in [7, 11) is 0. The normalized spacial score (nSPS) is 11.6. The summed E-state index contributed by atoms with van der Waals surface area (Å²) in [5.41, 5.74) is 0.211. The fourth-order valence-corrected chi connectivity index (χ4v) is 4.01. The Kier molecular flexibility index (Phi) is 4.97. The van der Waals surface area contributed by atoms with Gasteiger partial charge in [-0.1, -0.05) is 0 Å². The number of nitrogens with one attached hydrogen (secondary N) is 1. The van der Waals surface area contributed by atoms with Crippen molar-refractivity contribution < 1.29 is 9.90 Å². The number of amides is 1. The first-order valence-electron chi connectivity index (χ1n) is 4.74. The molecule has 1 heterocycles. The van der Waals surface area contributed by atoms with E-state index in [0.29, 0.717) is 12.0 Å². The van der Waals surface area contributed by atoms with Crippen molar-refractivity contribution in [2.45, 2.75) is 25.8 Å². The monoisotopic (exact) mass is 369 g/mol. The molecule has 16 heavy (non-hydrogen) atoms. The third-order valence-corrected chi connectivity index (χ3v) is 4.43. The molecular weight excluding hydrogens is 358 g/mol. The SMILES string of the molecule is CC(C)(CCO)NC(=O)c1cc(Br)sc1Br. The molecule has 6 heteroatoms. The van der Waals surface area contributed by atoms with Gasteiger partial charge >= 0.3 is 0 Å². The van der Waals surface area contributed by atoms with Crippen LogP contribution in [0, 0.1) is 0 Å². The fourth-order valence-electron chi connectivity index (χ4n) is 1.21. The van der Waals surface area contributed by atoms with Gasteiger partial charge < -0.3 is 10.4 Å². The summed E-state index contributed by atoms with van der Waals surface area (Å²) in [6.45, 7) is 3.83. The minimum Gasteiger partial charge on any atom is -0.396 e. The van der Waals surface area contributed by atoms with Gasteiger partial charge in [0.05, 0.1) is 13.1 Å². The van der Waals surface area contributed by atoms with Crippen molar-refractivity contribution in [1.29, 1.82) is 0 Å². The number of hydrogen-bond acceptors (Lipinski definition) is 3. The molecule has 1 rings (SSSR count). The molecule has 0 bridgehead atoms. The van der Waals surface area contributed by atoms with E-state index in [4.69, 9.17) is 5.11 Å². The Hall–Kier alpha value is 0.0900. The quantitative estimate of drug-likeness (QED) is 0.855. The standard InChI is InChI=1S/C10H13Br2NO2S/c1-10(2,3-4-14)13-9(15)6-5-7(11)16-8(6)12/h5,14H,3-4H2,1-2H3,(H,13,15). The number of halogens is 2. The highest BCUT2D eigenvalue weighted by Gasteiger charge is 2.22. The van der Waals surface area contributed by atoms with Crippen molar-refractivity contribution in [3.63, 3.8) is 0 Å². The lowest BCUT2D eigenvalue weighted by Gasteiger charge is -2.25. The van der Waals surface area contributed by atoms with Gasteiger partial charge in [0.2, 0.25) is 0 Å². The van der Waals surface area contributed by atoms with Gasteiger partial charge in [-0.2, -0.15) is 0 Å². The fraction of sp³-hybridized carbons (Fsp3) is 0.500. The first-order chi connectivity index (χ1) is 7.35. The Labute approximate surface area is 116 Å². The Bertz CT molecular complexity index is 390. The van der Waals surface area contributed by atoms with Crippen LogP contribution in [0.1, 0.15) is 30.6 Å². The van der Waals surface area contributed by atoms with Crippen LogP contribution in [-0.2, 0) is 0 Å². The van der Waals surface area contributed by atoms with E-state index in [1.54, 1.807) is 6.07 Å². The number of carbonyl (C=O) groups is 1. The van der Waals surface area contributed by atoms with Crippen LogP contribution < -0.4 is 5.32 Å². The van der Waals surface area contributed by atoms with E-state index in [2.05, 4.69) is 37.2 Å². The maximum absolute atomic E-state index is 11.9. The molecule has 0 fully saturated rings. The lowest BCUT2D eigenvalue weighted by molar-refractivity contribution is 0.0899. The minimum absolute atomic E-state index is 0.0573. The van der Waals surface area contributed by atoms with Crippen LogP contribution in [0.2, 0.25) is 0 Å². The highest BCUT2D eigenvalue weighted by Crippen LogP contribution is 2.32. The predicted octanol–water partition coefficient (Wildman–Crippen LogP) is 3.16. The van der Waals surface area contributed by atoms with Crippen LogP contribution in [0.5, 0.6) is 0 Å². The lowest BCUT2D eigenvalue weighted by atomic mass is 10.0. The summed E-state index contributed by atoms with van der Waals surface area (Å²) in [6, 6.07) is 1.78. The number of aliphatic hydroxyl groups is 1. The molecule has 0 aliphatic carbocycles. The highest BCUT2D eigenvalue weighted by atomic mass is 79.9. The highest BCUT2D eigenvalue weighted by molar-refractivity contribution is 9.12. The molecule has 0 unspecified atom stereocenters. The zero-order valence-corrected chi connectivity index (χ0v) is 13.0. The summed E-state index contributed by atoms with van der Waals surface area (Å²) in [4.78, 5) is 11.9. The second-order valence-corrected chi connectivity index (χ2v) is 7.80. The molecule has 2 N–H and O–H groups in total. The van der Waals surface area contributed by atoms with Crippen molar-refractivity contribution in [3.8, 4) is 0 Å². The van der Waals surface area contributed by atoms with Crippen molar-refractivity contribution in [1.82, 2.24) is 5.32 Å². The second kappa shape index (κ2) is 5.62. The Balaban J connectivity index is 2.76. The molecule has 1 aromatic rings.